The monoisotopic (exact) mass is 316 g/mol. The Morgan fingerprint density at radius 3 is 2.73 bits per heavy atom. The lowest BCUT2D eigenvalue weighted by Gasteiger charge is -2.24. The maximum atomic E-state index is 3.63. The zero-order chi connectivity index (χ0) is 10.7. The predicted octanol–water partition coefficient (Wildman–Crippen LogP) is 2.13. The van der Waals surface area contributed by atoms with Gasteiger partial charge in [0.15, 0.2) is 0 Å². The van der Waals surface area contributed by atoms with Crippen molar-refractivity contribution in [2.75, 3.05) is 13.1 Å². The minimum atomic E-state index is 0.281. The Kier molecular flexibility index (Phi) is 3.64. The molecule has 1 aliphatic heterocycles. The molecule has 1 aromatic rings. The van der Waals surface area contributed by atoms with Crippen LogP contribution in [-0.4, -0.2) is 18.6 Å². The van der Waals surface area contributed by atoms with E-state index in [0.717, 1.165) is 19.6 Å². The SMILES string of the molecule is CC1(NCc2ccc(I)cc2)CCNC1. The van der Waals surface area contributed by atoms with E-state index in [1.54, 1.807) is 0 Å². The molecule has 0 amide bonds. The van der Waals surface area contributed by atoms with E-state index in [2.05, 4.69) is 64.4 Å². The molecule has 0 bridgehead atoms. The molecule has 82 valence electrons. The van der Waals surface area contributed by atoms with Crippen molar-refractivity contribution in [2.45, 2.75) is 25.4 Å². The molecule has 0 radical (unpaired) electrons. The van der Waals surface area contributed by atoms with Gasteiger partial charge < -0.3 is 10.6 Å². The first-order chi connectivity index (χ1) is 7.18. The molecule has 2 nitrogen and oxygen atoms in total. The molecule has 15 heavy (non-hydrogen) atoms. The predicted molar refractivity (Wildman–Crippen MR) is 71.9 cm³/mol. The van der Waals surface area contributed by atoms with Gasteiger partial charge in [0.1, 0.15) is 0 Å². The first-order valence-corrected chi connectivity index (χ1v) is 6.46. The van der Waals surface area contributed by atoms with Crippen LogP contribution < -0.4 is 10.6 Å². The maximum absolute atomic E-state index is 3.63. The highest BCUT2D eigenvalue weighted by atomic mass is 127. The molecule has 0 saturated carbocycles. The molecule has 0 aromatic heterocycles. The van der Waals surface area contributed by atoms with Crippen molar-refractivity contribution in [3.05, 3.63) is 33.4 Å². The van der Waals surface area contributed by atoms with Gasteiger partial charge >= 0.3 is 0 Å². The summed E-state index contributed by atoms with van der Waals surface area (Å²) < 4.78 is 1.30. The van der Waals surface area contributed by atoms with Crippen molar-refractivity contribution >= 4 is 22.6 Å². The van der Waals surface area contributed by atoms with Gasteiger partial charge in [-0.1, -0.05) is 12.1 Å². The fraction of sp³-hybridized carbons (Fsp3) is 0.500. The second-order valence-corrected chi connectivity index (χ2v) is 5.71. The smallest absolute Gasteiger partial charge is 0.0293 e. The van der Waals surface area contributed by atoms with Crippen molar-refractivity contribution < 1.29 is 0 Å². The number of hydrogen-bond donors (Lipinski definition) is 2. The van der Waals surface area contributed by atoms with Crippen LogP contribution in [0.25, 0.3) is 0 Å². The lowest BCUT2D eigenvalue weighted by molar-refractivity contribution is 0.386. The Morgan fingerprint density at radius 2 is 2.13 bits per heavy atom. The molecule has 1 saturated heterocycles. The number of benzene rings is 1. The van der Waals surface area contributed by atoms with Crippen LogP contribution in [0.3, 0.4) is 0 Å². The van der Waals surface area contributed by atoms with Crippen LogP contribution in [0, 0.1) is 3.57 Å². The fourth-order valence-corrected chi connectivity index (χ4v) is 2.25. The summed E-state index contributed by atoms with van der Waals surface area (Å²) in [6, 6.07) is 8.71. The van der Waals surface area contributed by atoms with E-state index in [0.29, 0.717) is 0 Å². The Labute approximate surface area is 105 Å². The van der Waals surface area contributed by atoms with Gasteiger partial charge in [-0.05, 0) is 60.2 Å². The van der Waals surface area contributed by atoms with Crippen LogP contribution in [0.15, 0.2) is 24.3 Å². The number of nitrogens with one attached hydrogen (secondary N) is 2. The lowest BCUT2D eigenvalue weighted by atomic mass is 10.0. The summed E-state index contributed by atoms with van der Waals surface area (Å²) in [5.74, 6) is 0. The number of rotatable bonds is 3. The van der Waals surface area contributed by atoms with E-state index in [1.165, 1.54) is 15.6 Å². The van der Waals surface area contributed by atoms with Crippen LogP contribution >= 0.6 is 22.6 Å². The van der Waals surface area contributed by atoms with Crippen LogP contribution in [0.2, 0.25) is 0 Å². The topological polar surface area (TPSA) is 24.1 Å². The van der Waals surface area contributed by atoms with Crippen molar-refractivity contribution in [1.82, 2.24) is 10.6 Å². The average molecular weight is 316 g/mol. The van der Waals surface area contributed by atoms with Crippen molar-refractivity contribution in [1.29, 1.82) is 0 Å². The van der Waals surface area contributed by atoms with Gasteiger partial charge in [0.2, 0.25) is 0 Å². The molecule has 3 heteroatoms. The summed E-state index contributed by atoms with van der Waals surface area (Å²) in [4.78, 5) is 0. The summed E-state index contributed by atoms with van der Waals surface area (Å²) in [7, 11) is 0. The molecule has 0 spiro atoms. The zero-order valence-electron chi connectivity index (χ0n) is 9.02. The molecule has 1 aromatic carbocycles. The molecule has 2 N–H and O–H groups in total. The van der Waals surface area contributed by atoms with E-state index in [-0.39, 0.29) is 5.54 Å². The van der Waals surface area contributed by atoms with E-state index in [9.17, 15) is 0 Å². The van der Waals surface area contributed by atoms with E-state index >= 15 is 0 Å². The largest absolute Gasteiger partial charge is 0.315 e. The minimum Gasteiger partial charge on any atom is -0.315 e. The summed E-state index contributed by atoms with van der Waals surface area (Å²) >= 11 is 2.34. The van der Waals surface area contributed by atoms with Gasteiger partial charge in [-0.15, -0.1) is 0 Å². The van der Waals surface area contributed by atoms with Gasteiger partial charge in [-0.25, -0.2) is 0 Å². The second-order valence-electron chi connectivity index (χ2n) is 4.47. The highest BCUT2D eigenvalue weighted by molar-refractivity contribution is 14.1. The van der Waals surface area contributed by atoms with E-state index in [4.69, 9.17) is 0 Å². The number of hydrogen-bond acceptors (Lipinski definition) is 2. The van der Waals surface area contributed by atoms with Gasteiger partial charge in [-0.2, -0.15) is 0 Å². The molecule has 1 atom stereocenters. The van der Waals surface area contributed by atoms with Crippen LogP contribution in [-0.2, 0) is 6.54 Å². The highest BCUT2D eigenvalue weighted by Gasteiger charge is 2.27. The maximum Gasteiger partial charge on any atom is 0.0293 e. The Hall–Kier alpha value is -0.130. The van der Waals surface area contributed by atoms with Gasteiger partial charge in [0.05, 0.1) is 0 Å². The Morgan fingerprint density at radius 1 is 1.40 bits per heavy atom. The molecular weight excluding hydrogens is 299 g/mol. The minimum absolute atomic E-state index is 0.281. The molecular formula is C12H17IN2. The first-order valence-electron chi connectivity index (χ1n) is 5.38. The standard InChI is InChI=1S/C12H17IN2/c1-12(6-7-14-9-12)15-8-10-2-4-11(13)5-3-10/h2-5,14-15H,6-9H2,1H3. The van der Waals surface area contributed by atoms with Crippen molar-refractivity contribution in [2.24, 2.45) is 0 Å². The van der Waals surface area contributed by atoms with Crippen molar-refractivity contribution in [3.8, 4) is 0 Å². The third kappa shape index (κ3) is 3.16. The molecule has 1 aliphatic rings. The highest BCUT2D eigenvalue weighted by Crippen LogP contribution is 2.14. The zero-order valence-corrected chi connectivity index (χ0v) is 11.2. The summed E-state index contributed by atoms with van der Waals surface area (Å²) in [6.07, 6.45) is 1.22. The third-order valence-corrected chi connectivity index (χ3v) is 3.72. The van der Waals surface area contributed by atoms with Gasteiger partial charge in [-0.3, -0.25) is 0 Å². The van der Waals surface area contributed by atoms with Crippen molar-refractivity contribution in [3.63, 3.8) is 0 Å². The first kappa shape index (κ1) is 11.4. The Bertz CT molecular complexity index is 315. The third-order valence-electron chi connectivity index (χ3n) is 3.00. The molecule has 0 aliphatic carbocycles. The fourth-order valence-electron chi connectivity index (χ4n) is 1.89. The van der Waals surface area contributed by atoms with Crippen LogP contribution in [0.1, 0.15) is 18.9 Å². The summed E-state index contributed by atoms with van der Waals surface area (Å²) in [5, 5.41) is 7.02. The molecule has 1 unspecified atom stereocenters. The summed E-state index contributed by atoms with van der Waals surface area (Å²) in [6.45, 7) is 5.47. The number of halogens is 1. The lowest BCUT2D eigenvalue weighted by Crippen LogP contribution is -2.43. The van der Waals surface area contributed by atoms with Gasteiger partial charge in [0, 0.05) is 22.2 Å². The quantitative estimate of drug-likeness (QED) is 0.835. The normalized spacial score (nSPS) is 25.7. The average Bonchev–Trinajstić information content (AvgIpc) is 2.65. The molecule has 2 rings (SSSR count). The molecule has 1 fully saturated rings. The van der Waals surface area contributed by atoms with E-state index < -0.39 is 0 Å². The van der Waals surface area contributed by atoms with Crippen LogP contribution in [0.5, 0.6) is 0 Å². The van der Waals surface area contributed by atoms with E-state index in [1.807, 2.05) is 0 Å². The van der Waals surface area contributed by atoms with Crippen LogP contribution in [0.4, 0.5) is 0 Å². The molecule has 1 heterocycles. The van der Waals surface area contributed by atoms with Gasteiger partial charge in [0.25, 0.3) is 0 Å². The Balaban J connectivity index is 1.90. The second kappa shape index (κ2) is 4.80. The summed E-state index contributed by atoms with van der Waals surface area (Å²) in [5.41, 5.74) is 1.65.